The Balaban J connectivity index is 2.86. The van der Waals surface area contributed by atoms with Crippen LogP contribution in [0.4, 0.5) is 0 Å². The van der Waals surface area contributed by atoms with Crippen LogP contribution in [0, 0.1) is 5.41 Å². The summed E-state index contributed by atoms with van der Waals surface area (Å²) in [5, 5.41) is 9.58. The fraction of sp³-hybridized carbons (Fsp3) is 0.875. The largest absolute Gasteiger partial charge is 0.381 e. The third-order valence-corrected chi connectivity index (χ3v) is 1.42. The predicted octanol–water partition coefficient (Wildman–Crippen LogP) is 0.676. The van der Waals surface area contributed by atoms with Crippen molar-refractivity contribution in [1.29, 1.82) is 5.41 Å². The molecule has 0 aromatic rings. The summed E-state index contributed by atoms with van der Waals surface area (Å²) in [6.45, 7) is 4.46. The molecule has 0 aliphatic rings. The summed E-state index contributed by atoms with van der Waals surface area (Å²) >= 11 is 0. The van der Waals surface area contributed by atoms with Gasteiger partial charge in [0, 0.05) is 19.8 Å². The number of hydrogen-bond donors (Lipinski definition) is 3. The third-order valence-electron chi connectivity index (χ3n) is 1.42. The maximum Gasteiger partial charge on any atom is 0.185 e. The van der Waals surface area contributed by atoms with E-state index in [1.54, 1.807) is 0 Å². The summed E-state index contributed by atoms with van der Waals surface area (Å²) in [5.41, 5.74) is 5.09. The van der Waals surface area contributed by atoms with Gasteiger partial charge in [-0.3, -0.25) is 5.41 Å². The van der Waals surface area contributed by atoms with Crippen molar-refractivity contribution < 1.29 is 4.74 Å². The summed E-state index contributed by atoms with van der Waals surface area (Å²) in [7, 11) is 0. The van der Waals surface area contributed by atoms with Crippen molar-refractivity contribution in [2.45, 2.75) is 26.2 Å². The molecule has 0 atom stereocenters. The Labute approximate surface area is 74.0 Å². The van der Waals surface area contributed by atoms with Crippen LogP contribution in [0.5, 0.6) is 0 Å². The molecule has 4 heteroatoms. The van der Waals surface area contributed by atoms with Crippen LogP contribution in [-0.4, -0.2) is 25.7 Å². The van der Waals surface area contributed by atoms with Gasteiger partial charge in [0.05, 0.1) is 0 Å². The Hall–Kier alpha value is -0.770. The Morgan fingerprint density at radius 1 is 1.42 bits per heavy atom. The van der Waals surface area contributed by atoms with E-state index in [4.69, 9.17) is 15.9 Å². The molecule has 0 aliphatic heterocycles. The molecule has 0 spiro atoms. The van der Waals surface area contributed by atoms with E-state index in [1.807, 2.05) is 0 Å². The van der Waals surface area contributed by atoms with E-state index in [0.29, 0.717) is 0 Å². The Kier molecular flexibility index (Phi) is 7.79. The van der Waals surface area contributed by atoms with Crippen molar-refractivity contribution in [2.75, 3.05) is 19.8 Å². The van der Waals surface area contributed by atoms with Crippen LogP contribution in [0.15, 0.2) is 0 Å². The molecule has 0 saturated carbocycles. The number of guanidine groups is 1. The Morgan fingerprint density at radius 3 is 2.67 bits per heavy atom. The first kappa shape index (κ1) is 11.2. The highest BCUT2D eigenvalue weighted by molar-refractivity contribution is 5.74. The van der Waals surface area contributed by atoms with Gasteiger partial charge in [0.25, 0.3) is 0 Å². The SMILES string of the molecule is CCCCOCCCNC(=N)N. The molecule has 0 aromatic heterocycles. The molecule has 0 aromatic carbocycles. The zero-order chi connectivity index (χ0) is 9.23. The van der Waals surface area contributed by atoms with E-state index in [0.717, 1.165) is 32.6 Å². The number of hydrogen-bond acceptors (Lipinski definition) is 2. The Bertz CT molecular complexity index is 117. The van der Waals surface area contributed by atoms with Crippen molar-refractivity contribution in [3.8, 4) is 0 Å². The number of nitrogens with two attached hydrogens (primary N) is 1. The van der Waals surface area contributed by atoms with Gasteiger partial charge in [0.1, 0.15) is 0 Å². The highest BCUT2D eigenvalue weighted by Gasteiger charge is 1.89. The van der Waals surface area contributed by atoms with E-state index in [1.165, 1.54) is 6.42 Å². The predicted molar refractivity (Wildman–Crippen MR) is 50.3 cm³/mol. The summed E-state index contributed by atoms with van der Waals surface area (Å²) in [6, 6.07) is 0. The summed E-state index contributed by atoms with van der Waals surface area (Å²) in [4.78, 5) is 0. The van der Waals surface area contributed by atoms with Gasteiger partial charge in [0.15, 0.2) is 5.96 Å². The van der Waals surface area contributed by atoms with Crippen molar-refractivity contribution in [1.82, 2.24) is 5.32 Å². The number of nitrogens with one attached hydrogen (secondary N) is 2. The van der Waals surface area contributed by atoms with Gasteiger partial charge in [-0.2, -0.15) is 0 Å². The van der Waals surface area contributed by atoms with Crippen LogP contribution in [0.3, 0.4) is 0 Å². The lowest BCUT2D eigenvalue weighted by Gasteiger charge is -2.04. The molecule has 4 nitrogen and oxygen atoms in total. The highest BCUT2D eigenvalue weighted by Crippen LogP contribution is 1.88. The maximum atomic E-state index is 6.87. The minimum absolute atomic E-state index is 0.0311. The first-order valence-corrected chi connectivity index (χ1v) is 4.43. The molecule has 0 rings (SSSR count). The lowest BCUT2D eigenvalue weighted by molar-refractivity contribution is 0.129. The quantitative estimate of drug-likeness (QED) is 0.301. The van der Waals surface area contributed by atoms with Gasteiger partial charge in [-0.25, -0.2) is 0 Å². The van der Waals surface area contributed by atoms with Gasteiger partial charge >= 0.3 is 0 Å². The minimum Gasteiger partial charge on any atom is -0.381 e. The number of unbranched alkanes of at least 4 members (excludes halogenated alkanes) is 1. The van der Waals surface area contributed by atoms with Crippen LogP contribution in [0.1, 0.15) is 26.2 Å². The third kappa shape index (κ3) is 9.23. The second-order valence-corrected chi connectivity index (χ2v) is 2.66. The average Bonchev–Trinajstić information content (AvgIpc) is 2.02. The molecule has 72 valence electrons. The van der Waals surface area contributed by atoms with Gasteiger partial charge in [-0.05, 0) is 12.8 Å². The molecule has 4 N–H and O–H groups in total. The molecular weight excluding hydrogens is 154 g/mol. The number of rotatable bonds is 7. The van der Waals surface area contributed by atoms with E-state index >= 15 is 0 Å². The smallest absolute Gasteiger partial charge is 0.185 e. The first-order valence-electron chi connectivity index (χ1n) is 4.43. The average molecular weight is 173 g/mol. The molecule has 0 bridgehead atoms. The second-order valence-electron chi connectivity index (χ2n) is 2.66. The van der Waals surface area contributed by atoms with E-state index in [-0.39, 0.29) is 5.96 Å². The fourth-order valence-corrected chi connectivity index (χ4v) is 0.746. The molecule has 0 heterocycles. The van der Waals surface area contributed by atoms with E-state index in [2.05, 4.69) is 12.2 Å². The molecule has 0 amide bonds. The molecule has 0 radical (unpaired) electrons. The Morgan fingerprint density at radius 2 is 2.08 bits per heavy atom. The molecule has 0 aliphatic carbocycles. The highest BCUT2D eigenvalue weighted by atomic mass is 16.5. The van der Waals surface area contributed by atoms with Crippen LogP contribution in [0.25, 0.3) is 0 Å². The zero-order valence-electron chi connectivity index (χ0n) is 7.73. The zero-order valence-corrected chi connectivity index (χ0v) is 7.73. The monoisotopic (exact) mass is 173 g/mol. The summed E-state index contributed by atoms with van der Waals surface area (Å²) in [5.74, 6) is 0.0311. The van der Waals surface area contributed by atoms with E-state index < -0.39 is 0 Å². The normalized spacial score (nSPS) is 9.75. The van der Waals surface area contributed by atoms with Crippen LogP contribution in [0.2, 0.25) is 0 Å². The molecule has 12 heavy (non-hydrogen) atoms. The topological polar surface area (TPSA) is 71.1 Å². The second kappa shape index (κ2) is 8.33. The van der Waals surface area contributed by atoms with Crippen LogP contribution < -0.4 is 11.1 Å². The van der Waals surface area contributed by atoms with Crippen molar-refractivity contribution in [3.05, 3.63) is 0 Å². The van der Waals surface area contributed by atoms with Crippen molar-refractivity contribution in [2.24, 2.45) is 5.73 Å². The molecule has 0 fully saturated rings. The lowest BCUT2D eigenvalue weighted by atomic mass is 10.4. The van der Waals surface area contributed by atoms with Crippen molar-refractivity contribution >= 4 is 5.96 Å². The lowest BCUT2D eigenvalue weighted by Crippen LogP contribution is -2.31. The van der Waals surface area contributed by atoms with Crippen LogP contribution >= 0.6 is 0 Å². The van der Waals surface area contributed by atoms with Gasteiger partial charge < -0.3 is 15.8 Å². The summed E-state index contributed by atoms with van der Waals surface area (Å²) in [6.07, 6.45) is 3.20. The molecule has 0 unspecified atom stereocenters. The first-order chi connectivity index (χ1) is 5.77. The van der Waals surface area contributed by atoms with E-state index in [9.17, 15) is 0 Å². The summed E-state index contributed by atoms with van der Waals surface area (Å²) < 4.78 is 5.30. The van der Waals surface area contributed by atoms with Crippen LogP contribution in [-0.2, 0) is 4.74 Å². The fourth-order valence-electron chi connectivity index (χ4n) is 0.746. The van der Waals surface area contributed by atoms with Crippen molar-refractivity contribution in [3.63, 3.8) is 0 Å². The van der Waals surface area contributed by atoms with Gasteiger partial charge in [0.2, 0.25) is 0 Å². The molecular formula is C8H19N3O. The standard InChI is InChI=1S/C8H19N3O/c1-2-3-6-12-7-4-5-11-8(9)10/h2-7H2,1H3,(H4,9,10,11). The molecule has 0 saturated heterocycles. The minimum atomic E-state index is 0.0311. The van der Waals surface area contributed by atoms with Gasteiger partial charge in [-0.15, -0.1) is 0 Å². The maximum absolute atomic E-state index is 6.87. The van der Waals surface area contributed by atoms with Gasteiger partial charge in [-0.1, -0.05) is 13.3 Å². The number of ether oxygens (including phenoxy) is 1.